The van der Waals surface area contributed by atoms with Gasteiger partial charge in [-0.3, -0.25) is 9.69 Å². The number of nitrogens with one attached hydrogen (secondary N) is 1. The van der Waals surface area contributed by atoms with Crippen molar-refractivity contribution in [3.63, 3.8) is 0 Å². The van der Waals surface area contributed by atoms with Crippen molar-refractivity contribution < 1.29 is 9.18 Å². The zero-order valence-electron chi connectivity index (χ0n) is 21.1. The van der Waals surface area contributed by atoms with Gasteiger partial charge < -0.3 is 5.32 Å². The van der Waals surface area contributed by atoms with E-state index in [2.05, 4.69) is 62.3 Å². The minimum absolute atomic E-state index is 0.108. The van der Waals surface area contributed by atoms with Crippen molar-refractivity contribution in [2.24, 2.45) is 0 Å². The second-order valence-electron chi connectivity index (χ2n) is 9.42. The summed E-state index contributed by atoms with van der Waals surface area (Å²) in [6.45, 7) is 7.47. The molecule has 1 N–H and O–H groups in total. The summed E-state index contributed by atoms with van der Waals surface area (Å²) in [4.78, 5) is 14.6. The van der Waals surface area contributed by atoms with Gasteiger partial charge in [0.25, 0.3) is 0 Å². The number of benzene rings is 2. The van der Waals surface area contributed by atoms with Crippen LogP contribution in [0.1, 0.15) is 87.8 Å². The summed E-state index contributed by atoms with van der Waals surface area (Å²) >= 11 is 0. The highest BCUT2D eigenvalue weighted by Gasteiger charge is 2.20. The maximum Gasteiger partial charge on any atom is 0.234 e. The van der Waals surface area contributed by atoms with Crippen molar-refractivity contribution in [1.82, 2.24) is 10.2 Å². The Morgan fingerprint density at radius 3 is 2.12 bits per heavy atom. The summed E-state index contributed by atoms with van der Waals surface area (Å²) in [6.07, 6.45) is 9.34. The molecule has 4 heteroatoms. The molecule has 0 saturated heterocycles. The number of nitrogens with zero attached hydrogens (tertiary/aromatic N) is 1. The summed E-state index contributed by atoms with van der Waals surface area (Å²) in [5.74, 6) is 0.0977. The van der Waals surface area contributed by atoms with E-state index < -0.39 is 0 Å². The predicted molar refractivity (Wildman–Crippen MR) is 137 cm³/mol. The third-order valence-electron chi connectivity index (χ3n) is 6.33. The minimum atomic E-state index is -0.212. The van der Waals surface area contributed by atoms with Crippen LogP contribution < -0.4 is 5.32 Å². The van der Waals surface area contributed by atoms with E-state index in [0.29, 0.717) is 19.1 Å². The number of hydrogen-bond donors (Lipinski definition) is 1. The molecule has 0 radical (unpaired) electrons. The molecule has 0 spiro atoms. The third-order valence-corrected chi connectivity index (χ3v) is 6.33. The van der Waals surface area contributed by atoms with E-state index >= 15 is 0 Å². The molecule has 1 unspecified atom stereocenters. The number of carbonyl (C=O) groups is 1. The van der Waals surface area contributed by atoms with Crippen molar-refractivity contribution >= 4 is 5.91 Å². The third kappa shape index (κ3) is 9.67. The van der Waals surface area contributed by atoms with Gasteiger partial charge in [-0.05, 0) is 62.9 Å². The molecule has 1 atom stereocenters. The van der Waals surface area contributed by atoms with Gasteiger partial charge in [0.1, 0.15) is 5.82 Å². The fraction of sp³-hybridized carbons (Fsp3) is 0.552. The van der Waals surface area contributed by atoms with E-state index in [1.807, 2.05) is 12.1 Å². The van der Waals surface area contributed by atoms with E-state index in [-0.39, 0.29) is 17.6 Å². The first-order valence-corrected chi connectivity index (χ1v) is 12.7. The van der Waals surface area contributed by atoms with Gasteiger partial charge in [0.05, 0.1) is 6.54 Å². The Hall–Kier alpha value is -2.20. The lowest BCUT2D eigenvalue weighted by molar-refractivity contribution is -0.122. The normalized spacial score (nSPS) is 15.0. The van der Waals surface area contributed by atoms with E-state index in [1.54, 1.807) is 0 Å². The summed E-state index contributed by atoms with van der Waals surface area (Å²) in [5.41, 5.74) is 3.57. The van der Waals surface area contributed by atoms with Crippen LogP contribution in [0.4, 0.5) is 4.39 Å². The molecule has 0 aromatic heterocycles. The molecule has 1 aliphatic carbocycles. The van der Waals surface area contributed by atoms with Crippen LogP contribution in [0.2, 0.25) is 0 Å². The SMILES string of the molecule is CCC.Cc1ccc(C(CCCNC(=O)CN(C)C2CCCCC2)c2ccc(F)cc2)cc1. The molecule has 2 aromatic carbocycles. The number of amides is 1. The van der Waals surface area contributed by atoms with E-state index in [0.717, 1.165) is 18.4 Å². The second kappa shape index (κ2) is 14.8. The number of likely N-dealkylation sites (N-methyl/N-ethyl adjacent to an activating group) is 1. The fourth-order valence-electron chi connectivity index (χ4n) is 4.49. The van der Waals surface area contributed by atoms with Gasteiger partial charge in [0.2, 0.25) is 5.91 Å². The molecule has 0 aliphatic heterocycles. The Labute approximate surface area is 200 Å². The Bertz CT molecular complexity index is 752. The largest absolute Gasteiger partial charge is 0.355 e. The zero-order valence-corrected chi connectivity index (χ0v) is 21.1. The molecule has 1 saturated carbocycles. The van der Waals surface area contributed by atoms with Gasteiger partial charge in [-0.25, -0.2) is 4.39 Å². The van der Waals surface area contributed by atoms with E-state index in [1.165, 1.54) is 61.8 Å². The Morgan fingerprint density at radius 2 is 1.55 bits per heavy atom. The molecular formula is C29H43FN2O. The van der Waals surface area contributed by atoms with Crippen LogP contribution in [0.5, 0.6) is 0 Å². The van der Waals surface area contributed by atoms with Gasteiger partial charge in [0, 0.05) is 18.5 Å². The number of halogens is 1. The molecule has 1 aliphatic rings. The van der Waals surface area contributed by atoms with Crippen molar-refractivity contribution in [2.45, 2.75) is 84.1 Å². The molecule has 3 nitrogen and oxygen atoms in total. The summed E-state index contributed by atoms with van der Waals surface area (Å²) in [7, 11) is 2.07. The summed E-state index contributed by atoms with van der Waals surface area (Å²) in [5, 5.41) is 3.09. The standard InChI is InChI=1S/C26H35FN2O.C3H8/c1-20-10-12-21(13-11-20)25(22-14-16-23(27)17-15-22)9-6-18-28-26(30)19-29(2)24-7-4-3-5-8-24;1-3-2/h10-17,24-25H,3-9,18-19H2,1-2H3,(H,28,30);3H2,1-2H3. The van der Waals surface area contributed by atoms with Crippen LogP contribution in [-0.4, -0.2) is 37.0 Å². The number of carbonyl (C=O) groups excluding carboxylic acids is 1. The van der Waals surface area contributed by atoms with Gasteiger partial charge >= 0.3 is 0 Å². The maximum absolute atomic E-state index is 13.4. The van der Waals surface area contributed by atoms with Gasteiger partial charge in [-0.15, -0.1) is 0 Å². The lowest BCUT2D eigenvalue weighted by Crippen LogP contribution is -2.41. The Kier molecular flexibility index (Phi) is 12.2. The maximum atomic E-state index is 13.4. The van der Waals surface area contributed by atoms with Crippen molar-refractivity contribution in [3.05, 3.63) is 71.0 Å². The highest BCUT2D eigenvalue weighted by molar-refractivity contribution is 5.77. The molecule has 1 fully saturated rings. The van der Waals surface area contributed by atoms with Crippen LogP contribution in [0.25, 0.3) is 0 Å². The average Bonchev–Trinajstić information content (AvgIpc) is 2.82. The van der Waals surface area contributed by atoms with Crippen molar-refractivity contribution in [2.75, 3.05) is 20.1 Å². The first kappa shape index (κ1) is 27.0. The topological polar surface area (TPSA) is 32.3 Å². The monoisotopic (exact) mass is 454 g/mol. The molecule has 3 rings (SSSR count). The van der Waals surface area contributed by atoms with Crippen LogP contribution >= 0.6 is 0 Å². The van der Waals surface area contributed by atoms with E-state index in [9.17, 15) is 9.18 Å². The average molecular weight is 455 g/mol. The van der Waals surface area contributed by atoms with Crippen LogP contribution in [0.3, 0.4) is 0 Å². The molecule has 1 amide bonds. The quantitative estimate of drug-likeness (QED) is 0.421. The Morgan fingerprint density at radius 1 is 1.00 bits per heavy atom. The predicted octanol–water partition coefficient (Wildman–Crippen LogP) is 6.84. The van der Waals surface area contributed by atoms with Gasteiger partial charge in [-0.1, -0.05) is 81.5 Å². The highest BCUT2D eigenvalue weighted by Crippen LogP contribution is 2.29. The lowest BCUT2D eigenvalue weighted by atomic mass is 9.87. The Balaban J connectivity index is 0.00000122. The molecule has 0 bridgehead atoms. The van der Waals surface area contributed by atoms with Crippen molar-refractivity contribution in [3.8, 4) is 0 Å². The van der Waals surface area contributed by atoms with Crippen LogP contribution in [0.15, 0.2) is 48.5 Å². The first-order valence-electron chi connectivity index (χ1n) is 12.7. The highest BCUT2D eigenvalue weighted by atomic mass is 19.1. The zero-order chi connectivity index (χ0) is 24.1. The fourth-order valence-corrected chi connectivity index (χ4v) is 4.49. The number of rotatable bonds is 9. The number of hydrogen-bond acceptors (Lipinski definition) is 2. The minimum Gasteiger partial charge on any atom is -0.355 e. The van der Waals surface area contributed by atoms with Crippen LogP contribution in [0, 0.1) is 12.7 Å². The van der Waals surface area contributed by atoms with Crippen LogP contribution in [-0.2, 0) is 4.79 Å². The van der Waals surface area contributed by atoms with Crippen molar-refractivity contribution in [1.29, 1.82) is 0 Å². The molecular weight excluding hydrogens is 411 g/mol. The van der Waals surface area contributed by atoms with E-state index in [4.69, 9.17) is 0 Å². The molecule has 182 valence electrons. The molecule has 2 aromatic rings. The summed E-state index contributed by atoms with van der Waals surface area (Å²) in [6, 6.07) is 15.9. The van der Waals surface area contributed by atoms with Gasteiger partial charge in [0.15, 0.2) is 0 Å². The second-order valence-corrected chi connectivity index (χ2v) is 9.42. The molecule has 0 heterocycles. The first-order chi connectivity index (χ1) is 15.9. The smallest absolute Gasteiger partial charge is 0.234 e. The lowest BCUT2D eigenvalue weighted by Gasteiger charge is -2.30. The van der Waals surface area contributed by atoms with Gasteiger partial charge in [-0.2, -0.15) is 0 Å². The molecule has 33 heavy (non-hydrogen) atoms. The summed E-state index contributed by atoms with van der Waals surface area (Å²) < 4.78 is 13.4. The number of aryl methyl sites for hydroxylation is 1.